The first-order valence-corrected chi connectivity index (χ1v) is 5.33. The smallest absolute Gasteiger partial charge is 0.328 e. The van der Waals surface area contributed by atoms with Crippen LogP contribution in [-0.2, 0) is 6.54 Å². The van der Waals surface area contributed by atoms with E-state index in [1.165, 1.54) is 10.8 Å². The minimum atomic E-state index is -0.611. The van der Waals surface area contributed by atoms with Gasteiger partial charge in [0.05, 0.1) is 6.54 Å². The zero-order valence-corrected chi connectivity index (χ0v) is 9.38. The monoisotopic (exact) mass is 259 g/mol. The van der Waals surface area contributed by atoms with Gasteiger partial charge in [0, 0.05) is 6.20 Å². The van der Waals surface area contributed by atoms with E-state index < -0.39 is 11.2 Å². The molecular formula is C7H6ClN5O2S. The van der Waals surface area contributed by atoms with Crippen molar-refractivity contribution in [3.8, 4) is 0 Å². The molecule has 0 aromatic carbocycles. The predicted molar refractivity (Wildman–Crippen MR) is 59.8 cm³/mol. The minimum Gasteiger partial charge on any atom is -0.374 e. The minimum absolute atomic E-state index is 0.0583. The SMILES string of the molecule is Nc1nnc(Cn2cc(Cl)c(=O)[nH]c2=O)s1. The molecule has 0 radical (unpaired) electrons. The fourth-order valence-corrected chi connectivity index (χ4v) is 1.85. The van der Waals surface area contributed by atoms with Crippen LogP contribution in [0.3, 0.4) is 0 Å². The van der Waals surface area contributed by atoms with Crippen molar-refractivity contribution in [1.29, 1.82) is 0 Å². The molecule has 0 bridgehead atoms. The molecule has 0 saturated heterocycles. The van der Waals surface area contributed by atoms with Crippen LogP contribution >= 0.6 is 22.9 Å². The molecule has 0 amide bonds. The maximum Gasteiger partial charge on any atom is 0.328 e. The lowest BCUT2D eigenvalue weighted by Gasteiger charge is -2.01. The highest BCUT2D eigenvalue weighted by Crippen LogP contribution is 2.11. The van der Waals surface area contributed by atoms with Crippen LogP contribution in [0.25, 0.3) is 0 Å². The second-order valence-electron chi connectivity index (χ2n) is 2.90. The van der Waals surface area contributed by atoms with Crippen LogP contribution in [0.5, 0.6) is 0 Å². The van der Waals surface area contributed by atoms with Gasteiger partial charge in [0.1, 0.15) is 10.0 Å². The lowest BCUT2D eigenvalue weighted by molar-refractivity contribution is 0.710. The van der Waals surface area contributed by atoms with Crippen molar-refractivity contribution in [1.82, 2.24) is 19.7 Å². The Morgan fingerprint density at radius 2 is 2.25 bits per heavy atom. The van der Waals surface area contributed by atoms with Gasteiger partial charge in [-0.3, -0.25) is 14.3 Å². The summed E-state index contributed by atoms with van der Waals surface area (Å²) >= 11 is 6.76. The number of nitrogens with two attached hydrogens (primary N) is 1. The second-order valence-corrected chi connectivity index (χ2v) is 4.40. The third-order valence-electron chi connectivity index (χ3n) is 1.76. The molecule has 0 unspecified atom stereocenters. The van der Waals surface area contributed by atoms with Crippen molar-refractivity contribution in [3.05, 3.63) is 37.1 Å². The summed E-state index contributed by atoms with van der Waals surface area (Å²) in [6.45, 7) is 0.171. The summed E-state index contributed by atoms with van der Waals surface area (Å²) < 4.78 is 1.23. The number of rotatable bonds is 2. The number of nitrogens with one attached hydrogen (secondary N) is 1. The average molecular weight is 260 g/mol. The van der Waals surface area contributed by atoms with Crippen LogP contribution in [0, 0.1) is 0 Å². The number of aromatic amines is 1. The third kappa shape index (κ3) is 2.12. The van der Waals surface area contributed by atoms with Crippen LogP contribution < -0.4 is 17.0 Å². The van der Waals surface area contributed by atoms with Gasteiger partial charge in [0.15, 0.2) is 0 Å². The van der Waals surface area contributed by atoms with Gasteiger partial charge in [0.2, 0.25) is 5.13 Å². The Labute approximate surface area is 97.5 Å². The van der Waals surface area contributed by atoms with Gasteiger partial charge in [-0.05, 0) is 0 Å². The molecule has 16 heavy (non-hydrogen) atoms. The fourth-order valence-electron chi connectivity index (χ4n) is 1.08. The zero-order valence-electron chi connectivity index (χ0n) is 7.81. The standard InChI is InChI=1S/C7H6ClN5O2S/c8-3-1-13(7(15)10-5(3)14)2-4-11-12-6(9)16-4/h1H,2H2,(H2,9,12)(H,10,14,15). The normalized spacial score (nSPS) is 10.6. The molecule has 0 fully saturated rings. The predicted octanol–water partition coefficient (Wildman–Crippen LogP) is -0.328. The molecule has 2 aromatic heterocycles. The molecule has 9 heteroatoms. The molecule has 3 N–H and O–H groups in total. The third-order valence-corrected chi connectivity index (χ3v) is 2.76. The van der Waals surface area contributed by atoms with Crippen LogP contribution in [0.4, 0.5) is 5.13 Å². The Hall–Kier alpha value is -1.67. The number of H-pyrrole nitrogens is 1. The van der Waals surface area contributed by atoms with E-state index in [1.807, 2.05) is 0 Å². The molecule has 0 atom stereocenters. The molecule has 2 aromatic rings. The van der Waals surface area contributed by atoms with Crippen molar-refractivity contribution in [2.24, 2.45) is 0 Å². The van der Waals surface area contributed by atoms with Crippen molar-refractivity contribution in [2.45, 2.75) is 6.54 Å². The Morgan fingerprint density at radius 1 is 1.50 bits per heavy atom. The molecule has 2 rings (SSSR count). The van der Waals surface area contributed by atoms with Crippen LogP contribution in [0.2, 0.25) is 5.02 Å². The van der Waals surface area contributed by atoms with Crippen molar-refractivity contribution >= 4 is 28.1 Å². The topological polar surface area (TPSA) is 107 Å². The summed E-state index contributed by atoms with van der Waals surface area (Å²) in [5, 5.41) is 8.18. The zero-order chi connectivity index (χ0) is 11.7. The van der Waals surface area contributed by atoms with Gasteiger partial charge in [-0.1, -0.05) is 22.9 Å². The molecular weight excluding hydrogens is 254 g/mol. The maximum atomic E-state index is 11.4. The van der Waals surface area contributed by atoms with E-state index in [0.29, 0.717) is 10.1 Å². The molecule has 2 heterocycles. The number of hydrogen-bond donors (Lipinski definition) is 2. The molecule has 0 aliphatic carbocycles. The molecule has 7 nitrogen and oxygen atoms in total. The highest BCUT2D eigenvalue weighted by molar-refractivity contribution is 7.15. The molecule has 0 saturated carbocycles. The number of hydrogen-bond acceptors (Lipinski definition) is 6. The number of anilines is 1. The Balaban J connectivity index is 2.39. The Kier molecular flexibility index (Phi) is 2.75. The van der Waals surface area contributed by atoms with E-state index in [1.54, 1.807) is 0 Å². The van der Waals surface area contributed by atoms with Gasteiger partial charge in [-0.2, -0.15) is 0 Å². The maximum absolute atomic E-state index is 11.4. The first kappa shape index (κ1) is 10.8. The summed E-state index contributed by atoms with van der Waals surface area (Å²) in [6.07, 6.45) is 1.25. The van der Waals surface area contributed by atoms with Crippen LogP contribution in [-0.4, -0.2) is 19.7 Å². The first-order valence-electron chi connectivity index (χ1n) is 4.13. The first-order chi connectivity index (χ1) is 7.56. The van der Waals surface area contributed by atoms with Gasteiger partial charge < -0.3 is 5.73 Å². The van der Waals surface area contributed by atoms with Crippen LogP contribution in [0.1, 0.15) is 5.01 Å². The number of nitrogen functional groups attached to an aromatic ring is 1. The van der Waals surface area contributed by atoms with Crippen molar-refractivity contribution < 1.29 is 0 Å². The average Bonchev–Trinajstić information content (AvgIpc) is 2.60. The summed E-state index contributed by atoms with van der Waals surface area (Å²) in [4.78, 5) is 24.5. The van der Waals surface area contributed by atoms with Crippen molar-refractivity contribution in [2.75, 3.05) is 5.73 Å². The van der Waals surface area contributed by atoms with E-state index in [0.717, 1.165) is 11.3 Å². The summed E-state index contributed by atoms with van der Waals surface area (Å²) in [7, 11) is 0. The largest absolute Gasteiger partial charge is 0.374 e. The van der Waals surface area contributed by atoms with Gasteiger partial charge in [-0.25, -0.2) is 4.79 Å². The van der Waals surface area contributed by atoms with E-state index >= 15 is 0 Å². The van der Waals surface area contributed by atoms with E-state index in [2.05, 4.69) is 15.2 Å². The van der Waals surface area contributed by atoms with E-state index in [4.69, 9.17) is 17.3 Å². The van der Waals surface area contributed by atoms with E-state index in [9.17, 15) is 9.59 Å². The van der Waals surface area contributed by atoms with E-state index in [-0.39, 0.29) is 11.6 Å². The lowest BCUT2D eigenvalue weighted by atomic mass is 10.6. The fraction of sp³-hybridized carbons (Fsp3) is 0.143. The number of halogens is 1. The lowest BCUT2D eigenvalue weighted by Crippen LogP contribution is -2.29. The van der Waals surface area contributed by atoms with Crippen LogP contribution in [0.15, 0.2) is 15.8 Å². The van der Waals surface area contributed by atoms with Gasteiger partial charge in [0.25, 0.3) is 5.56 Å². The quantitative estimate of drug-likeness (QED) is 0.768. The summed E-state index contributed by atoms with van der Waals surface area (Å²) in [6, 6.07) is 0. The Bertz CT molecular complexity index is 630. The van der Waals surface area contributed by atoms with Crippen molar-refractivity contribution in [3.63, 3.8) is 0 Å². The van der Waals surface area contributed by atoms with Gasteiger partial charge in [-0.15, -0.1) is 10.2 Å². The number of aromatic nitrogens is 4. The molecule has 0 aliphatic rings. The Morgan fingerprint density at radius 3 is 2.88 bits per heavy atom. The summed E-state index contributed by atoms with van der Waals surface area (Å²) in [5.74, 6) is 0. The molecule has 0 aliphatic heterocycles. The molecule has 0 spiro atoms. The highest BCUT2D eigenvalue weighted by atomic mass is 35.5. The molecule has 84 valence electrons. The highest BCUT2D eigenvalue weighted by Gasteiger charge is 2.06. The summed E-state index contributed by atoms with van der Waals surface area (Å²) in [5.41, 5.74) is 4.23. The number of nitrogens with zero attached hydrogens (tertiary/aromatic N) is 3. The van der Waals surface area contributed by atoms with Gasteiger partial charge >= 0.3 is 5.69 Å². The second kappa shape index (κ2) is 4.06.